The molecule has 0 N–H and O–H groups in total. The number of carbonyl (C=O) groups excluding carboxylic acids is 1. The van der Waals surface area contributed by atoms with Gasteiger partial charge in [-0.2, -0.15) is 18.3 Å². The normalized spacial score (nSPS) is 11.8. The highest BCUT2D eigenvalue weighted by molar-refractivity contribution is 5.77. The molecule has 0 bridgehead atoms. The van der Waals surface area contributed by atoms with Crippen molar-refractivity contribution in [2.75, 3.05) is 0 Å². The molecule has 1 heterocycles. The Labute approximate surface area is 91.3 Å². The summed E-state index contributed by atoms with van der Waals surface area (Å²) in [7, 11) is 0. The lowest BCUT2D eigenvalue weighted by molar-refractivity contribution is -0.141. The van der Waals surface area contributed by atoms with Gasteiger partial charge in [0.2, 0.25) is 0 Å². The Balaban J connectivity index is 2.44. The molecular weight excluding hydrogens is 221 g/mol. The molecule has 0 spiro atoms. The number of nitrogens with zero attached hydrogens (tertiary/aromatic N) is 2. The first-order chi connectivity index (χ1) is 7.43. The molecule has 90 valence electrons. The van der Waals surface area contributed by atoms with Gasteiger partial charge in [0.15, 0.2) is 5.69 Å². The third-order valence-corrected chi connectivity index (χ3v) is 2.17. The molecule has 0 aliphatic rings. The SMILES string of the molecule is CCC(=O)CCCn1ccc(C(F)(F)F)n1. The number of alkyl halides is 3. The standard InChI is InChI=1S/C10H13F3N2O/c1-2-8(16)4-3-6-15-7-5-9(14-15)10(11,12)13/h5,7H,2-4,6H2,1H3. The van der Waals surface area contributed by atoms with Crippen LogP contribution in [0.2, 0.25) is 0 Å². The summed E-state index contributed by atoms with van der Waals surface area (Å²) in [6.45, 7) is 2.10. The number of aryl methyl sites for hydroxylation is 1. The predicted molar refractivity (Wildman–Crippen MR) is 51.8 cm³/mol. The summed E-state index contributed by atoms with van der Waals surface area (Å²) in [4.78, 5) is 11.0. The number of Topliss-reactive ketones (excluding diaryl/α,β-unsaturated/α-hetero) is 1. The number of carbonyl (C=O) groups is 1. The molecule has 3 nitrogen and oxygen atoms in total. The predicted octanol–water partition coefficient (Wildman–Crippen LogP) is 2.66. The second-order valence-corrected chi connectivity index (χ2v) is 3.46. The molecule has 1 aromatic rings. The van der Waals surface area contributed by atoms with Crippen molar-refractivity contribution in [3.05, 3.63) is 18.0 Å². The molecule has 0 saturated carbocycles. The molecule has 16 heavy (non-hydrogen) atoms. The van der Waals surface area contributed by atoms with Crippen molar-refractivity contribution < 1.29 is 18.0 Å². The van der Waals surface area contributed by atoms with E-state index in [1.165, 1.54) is 10.9 Å². The number of hydrogen-bond acceptors (Lipinski definition) is 2. The molecule has 0 saturated heterocycles. The number of hydrogen-bond donors (Lipinski definition) is 0. The van der Waals surface area contributed by atoms with Crippen molar-refractivity contribution in [1.82, 2.24) is 9.78 Å². The third kappa shape index (κ3) is 3.67. The average Bonchev–Trinajstić information content (AvgIpc) is 2.65. The monoisotopic (exact) mass is 234 g/mol. The second-order valence-electron chi connectivity index (χ2n) is 3.46. The molecule has 0 aliphatic carbocycles. The maximum absolute atomic E-state index is 12.2. The minimum atomic E-state index is -4.40. The summed E-state index contributed by atoms with van der Waals surface area (Å²) in [5, 5.41) is 3.38. The van der Waals surface area contributed by atoms with Crippen LogP contribution in [0.5, 0.6) is 0 Å². The fourth-order valence-electron chi connectivity index (χ4n) is 1.25. The number of halogens is 3. The van der Waals surface area contributed by atoms with E-state index >= 15 is 0 Å². The molecule has 0 atom stereocenters. The molecule has 0 radical (unpaired) electrons. The van der Waals surface area contributed by atoms with Crippen LogP contribution in [0.25, 0.3) is 0 Å². The summed E-state index contributed by atoms with van der Waals surface area (Å²) in [6.07, 6.45) is -1.75. The van der Waals surface area contributed by atoms with Crippen molar-refractivity contribution in [1.29, 1.82) is 0 Å². The fourth-order valence-corrected chi connectivity index (χ4v) is 1.25. The average molecular weight is 234 g/mol. The van der Waals surface area contributed by atoms with Crippen molar-refractivity contribution in [2.24, 2.45) is 0 Å². The van der Waals surface area contributed by atoms with Gasteiger partial charge in [-0.25, -0.2) is 0 Å². The Bertz CT molecular complexity index is 357. The van der Waals surface area contributed by atoms with Gasteiger partial charge < -0.3 is 0 Å². The lowest BCUT2D eigenvalue weighted by atomic mass is 10.2. The fraction of sp³-hybridized carbons (Fsp3) is 0.600. The maximum Gasteiger partial charge on any atom is 0.435 e. The van der Waals surface area contributed by atoms with Gasteiger partial charge >= 0.3 is 6.18 Å². The zero-order chi connectivity index (χ0) is 12.2. The molecule has 1 aromatic heterocycles. The summed E-state index contributed by atoms with van der Waals surface area (Å²) >= 11 is 0. The molecule has 6 heteroatoms. The van der Waals surface area contributed by atoms with Crippen LogP contribution in [-0.2, 0) is 17.5 Å². The van der Waals surface area contributed by atoms with Gasteiger partial charge in [-0.1, -0.05) is 6.92 Å². The smallest absolute Gasteiger partial charge is 0.300 e. The first-order valence-electron chi connectivity index (χ1n) is 5.06. The van der Waals surface area contributed by atoms with Gasteiger partial charge in [-0.05, 0) is 12.5 Å². The minimum absolute atomic E-state index is 0.114. The second kappa shape index (κ2) is 5.14. The van der Waals surface area contributed by atoms with E-state index in [9.17, 15) is 18.0 Å². The Morgan fingerprint density at radius 2 is 2.19 bits per heavy atom. The van der Waals surface area contributed by atoms with E-state index in [-0.39, 0.29) is 5.78 Å². The van der Waals surface area contributed by atoms with Gasteiger partial charge in [0, 0.05) is 25.6 Å². The van der Waals surface area contributed by atoms with Crippen LogP contribution in [0, 0.1) is 0 Å². The zero-order valence-corrected chi connectivity index (χ0v) is 8.92. The summed E-state index contributed by atoms with van der Waals surface area (Å²) in [5.41, 5.74) is -0.894. The van der Waals surface area contributed by atoms with Crippen LogP contribution in [0.4, 0.5) is 13.2 Å². The quantitative estimate of drug-likeness (QED) is 0.785. The van der Waals surface area contributed by atoms with Crippen LogP contribution >= 0.6 is 0 Å². The van der Waals surface area contributed by atoms with Crippen LogP contribution in [0.15, 0.2) is 12.3 Å². The van der Waals surface area contributed by atoms with Crippen molar-refractivity contribution in [3.63, 3.8) is 0 Å². The van der Waals surface area contributed by atoms with Gasteiger partial charge in [-0.3, -0.25) is 9.48 Å². The van der Waals surface area contributed by atoms with Gasteiger partial charge in [0.25, 0.3) is 0 Å². The highest BCUT2D eigenvalue weighted by Crippen LogP contribution is 2.27. The zero-order valence-electron chi connectivity index (χ0n) is 8.92. The third-order valence-electron chi connectivity index (χ3n) is 2.17. The van der Waals surface area contributed by atoms with E-state index in [0.717, 1.165) is 6.07 Å². The van der Waals surface area contributed by atoms with Gasteiger partial charge in [-0.15, -0.1) is 0 Å². The molecule has 0 aromatic carbocycles. The largest absolute Gasteiger partial charge is 0.435 e. The van der Waals surface area contributed by atoms with Crippen LogP contribution in [0.1, 0.15) is 31.9 Å². The van der Waals surface area contributed by atoms with Crippen LogP contribution in [-0.4, -0.2) is 15.6 Å². The number of rotatable bonds is 5. The Hall–Kier alpha value is -1.33. The molecule has 1 rings (SSSR count). The summed E-state index contributed by atoms with van der Waals surface area (Å²) < 4.78 is 37.7. The van der Waals surface area contributed by atoms with E-state index in [4.69, 9.17) is 0 Å². The highest BCUT2D eigenvalue weighted by atomic mass is 19.4. The Morgan fingerprint density at radius 1 is 1.50 bits per heavy atom. The van der Waals surface area contributed by atoms with E-state index in [2.05, 4.69) is 5.10 Å². The lowest BCUT2D eigenvalue weighted by Crippen LogP contribution is -2.08. The van der Waals surface area contributed by atoms with Gasteiger partial charge in [0.1, 0.15) is 5.78 Å². The van der Waals surface area contributed by atoms with Crippen LogP contribution < -0.4 is 0 Å². The lowest BCUT2D eigenvalue weighted by Gasteiger charge is -2.02. The van der Waals surface area contributed by atoms with Crippen molar-refractivity contribution in [2.45, 2.75) is 38.9 Å². The molecular formula is C10H13F3N2O. The van der Waals surface area contributed by atoms with Gasteiger partial charge in [0.05, 0.1) is 0 Å². The number of aromatic nitrogens is 2. The highest BCUT2D eigenvalue weighted by Gasteiger charge is 2.33. The summed E-state index contributed by atoms with van der Waals surface area (Å²) in [6, 6.07) is 0.932. The van der Waals surface area contributed by atoms with E-state index in [1.807, 2.05) is 0 Å². The first-order valence-corrected chi connectivity index (χ1v) is 5.06. The minimum Gasteiger partial charge on any atom is -0.300 e. The molecule has 0 amide bonds. The number of ketones is 1. The Kier molecular flexibility index (Phi) is 4.09. The Morgan fingerprint density at radius 3 is 2.69 bits per heavy atom. The van der Waals surface area contributed by atoms with Crippen molar-refractivity contribution in [3.8, 4) is 0 Å². The molecule has 0 fully saturated rings. The molecule has 0 unspecified atom stereocenters. The molecule has 0 aliphatic heterocycles. The first kappa shape index (κ1) is 12.7. The van der Waals surface area contributed by atoms with E-state index in [1.54, 1.807) is 6.92 Å². The summed E-state index contributed by atoms with van der Waals surface area (Å²) in [5.74, 6) is 0.114. The van der Waals surface area contributed by atoms with Crippen LogP contribution in [0.3, 0.4) is 0 Å². The van der Waals surface area contributed by atoms with Crippen molar-refractivity contribution >= 4 is 5.78 Å². The van der Waals surface area contributed by atoms with E-state index in [0.29, 0.717) is 25.8 Å². The topological polar surface area (TPSA) is 34.9 Å². The maximum atomic E-state index is 12.2. The van der Waals surface area contributed by atoms with E-state index < -0.39 is 11.9 Å².